The number of hydrogen-bond donors (Lipinski definition) is 2. The molecule has 0 saturated carbocycles. The molecule has 4 heterocycles. The third kappa shape index (κ3) is 3.14. The Balaban J connectivity index is 1.59. The van der Waals surface area contributed by atoms with Crippen molar-refractivity contribution in [3.05, 3.63) is 79.0 Å². The number of nitrogens with zero attached hydrogens (tertiary/aromatic N) is 2. The summed E-state index contributed by atoms with van der Waals surface area (Å²) in [5.74, 6) is -0.136. The number of aromatic amines is 1. The fourth-order valence-electron chi connectivity index (χ4n) is 3.57. The van der Waals surface area contributed by atoms with Crippen LogP contribution in [-0.4, -0.2) is 27.9 Å². The molecule has 2 N–H and O–H groups in total. The van der Waals surface area contributed by atoms with Gasteiger partial charge in [0.05, 0.1) is 6.26 Å². The van der Waals surface area contributed by atoms with E-state index in [4.69, 9.17) is 4.42 Å². The van der Waals surface area contributed by atoms with E-state index in [1.807, 2.05) is 48.8 Å². The second kappa shape index (κ2) is 7.33. The topological polar surface area (TPSA) is 83.8 Å². The maximum absolute atomic E-state index is 11.5. The van der Waals surface area contributed by atoms with Gasteiger partial charge in [-0.25, -0.2) is 9.97 Å². The Morgan fingerprint density at radius 1 is 1.07 bits per heavy atom. The number of pyridine rings is 2. The monoisotopic (exact) mass is 394 g/mol. The van der Waals surface area contributed by atoms with Gasteiger partial charge in [0.1, 0.15) is 5.65 Å². The van der Waals surface area contributed by atoms with Crippen molar-refractivity contribution in [1.29, 1.82) is 0 Å². The second-order valence-electron chi connectivity index (χ2n) is 6.89. The molecule has 5 aromatic rings. The van der Waals surface area contributed by atoms with Gasteiger partial charge in [-0.1, -0.05) is 18.2 Å². The number of H-pyrrole nitrogens is 1. The molecule has 146 valence electrons. The van der Waals surface area contributed by atoms with Crippen molar-refractivity contribution < 1.29 is 9.21 Å². The van der Waals surface area contributed by atoms with Gasteiger partial charge in [-0.15, -0.1) is 0 Å². The van der Waals surface area contributed by atoms with E-state index in [0.29, 0.717) is 5.71 Å². The Morgan fingerprint density at radius 2 is 2.00 bits per heavy atom. The summed E-state index contributed by atoms with van der Waals surface area (Å²) in [6, 6.07) is 14.0. The van der Waals surface area contributed by atoms with Gasteiger partial charge in [-0.2, -0.15) is 0 Å². The first-order valence-corrected chi connectivity index (χ1v) is 9.53. The molecular formula is C24H18N4O2. The second-order valence-corrected chi connectivity index (χ2v) is 6.89. The van der Waals surface area contributed by atoms with Crippen LogP contribution in [0, 0.1) is 0 Å². The summed E-state index contributed by atoms with van der Waals surface area (Å²) < 4.78 is 5.45. The number of carbonyl (C=O) groups excluding carboxylic acids is 1. The van der Waals surface area contributed by atoms with Crippen molar-refractivity contribution in [2.75, 3.05) is 7.05 Å². The number of fused-ring (bicyclic) bond motifs is 2. The Labute approximate surface area is 172 Å². The SMILES string of the molecule is CNC(=O)/C=C/c1cccc(-c2cnc3[nH]cc(-c4ccnc5occc45)c3c2)c1. The number of rotatable bonds is 4. The van der Waals surface area contributed by atoms with Crippen LogP contribution in [-0.2, 0) is 4.79 Å². The number of carbonyl (C=O) groups is 1. The van der Waals surface area contributed by atoms with E-state index in [0.717, 1.165) is 44.2 Å². The lowest BCUT2D eigenvalue weighted by molar-refractivity contribution is -0.115. The molecule has 0 saturated heterocycles. The highest BCUT2D eigenvalue weighted by Gasteiger charge is 2.13. The van der Waals surface area contributed by atoms with Gasteiger partial charge in [-0.05, 0) is 47.0 Å². The molecule has 0 atom stereocenters. The number of aromatic nitrogens is 3. The Morgan fingerprint density at radius 3 is 2.90 bits per heavy atom. The van der Waals surface area contributed by atoms with Crippen LogP contribution in [0.15, 0.2) is 77.8 Å². The lowest BCUT2D eigenvalue weighted by Crippen LogP contribution is -2.13. The number of furan rings is 1. The lowest BCUT2D eigenvalue weighted by Gasteiger charge is -2.05. The highest BCUT2D eigenvalue weighted by molar-refractivity contribution is 6.03. The molecule has 6 heteroatoms. The fourth-order valence-corrected chi connectivity index (χ4v) is 3.57. The molecule has 0 aliphatic rings. The molecule has 1 amide bonds. The van der Waals surface area contributed by atoms with Crippen LogP contribution < -0.4 is 5.32 Å². The van der Waals surface area contributed by atoms with E-state index >= 15 is 0 Å². The molecule has 0 spiro atoms. The predicted octanol–water partition coefficient (Wildman–Crippen LogP) is 4.80. The quantitative estimate of drug-likeness (QED) is 0.429. The van der Waals surface area contributed by atoms with E-state index in [9.17, 15) is 4.79 Å². The van der Waals surface area contributed by atoms with Crippen molar-refractivity contribution >= 4 is 34.1 Å². The van der Waals surface area contributed by atoms with Crippen molar-refractivity contribution in [2.24, 2.45) is 0 Å². The molecule has 0 fully saturated rings. The number of amides is 1. The van der Waals surface area contributed by atoms with Crippen molar-refractivity contribution in [3.63, 3.8) is 0 Å². The average Bonchev–Trinajstić information content (AvgIpc) is 3.44. The first-order chi connectivity index (χ1) is 14.7. The van der Waals surface area contributed by atoms with E-state index in [1.165, 1.54) is 6.08 Å². The van der Waals surface area contributed by atoms with Gasteiger partial charge in [0.2, 0.25) is 11.6 Å². The van der Waals surface area contributed by atoms with Crippen molar-refractivity contribution in [1.82, 2.24) is 20.3 Å². The summed E-state index contributed by atoms with van der Waals surface area (Å²) in [6.45, 7) is 0. The van der Waals surface area contributed by atoms with Crippen LogP contribution in [0.3, 0.4) is 0 Å². The zero-order valence-corrected chi connectivity index (χ0v) is 16.2. The minimum atomic E-state index is -0.136. The molecule has 30 heavy (non-hydrogen) atoms. The number of nitrogens with one attached hydrogen (secondary N) is 2. The van der Waals surface area contributed by atoms with E-state index in [-0.39, 0.29) is 5.91 Å². The molecule has 0 bridgehead atoms. The maximum atomic E-state index is 11.5. The van der Waals surface area contributed by atoms with Gasteiger partial charge in [-0.3, -0.25) is 4.79 Å². The molecule has 0 radical (unpaired) electrons. The Bertz CT molecular complexity index is 1410. The molecule has 4 aromatic heterocycles. The normalized spacial score (nSPS) is 11.5. The largest absolute Gasteiger partial charge is 0.446 e. The summed E-state index contributed by atoms with van der Waals surface area (Å²) >= 11 is 0. The first-order valence-electron chi connectivity index (χ1n) is 9.53. The molecule has 5 rings (SSSR count). The van der Waals surface area contributed by atoms with E-state index in [1.54, 1.807) is 25.6 Å². The zero-order valence-electron chi connectivity index (χ0n) is 16.2. The highest BCUT2D eigenvalue weighted by atomic mass is 16.3. The van der Waals surface area contributed by atoms with Crippen LogP contribution in [0.25, 0.3) is 50.5 Å². The summed E-state index contributed by atoms with van der Waals surface area (Å²) in [5.41, 5.74) is 6.49. The summed E-state index contributed by atoms with van der Waals surface area (Å²) in [7, 11) is 1.61. The van der Waals surface area contributed by atoms with Crippen LogP contribution >= 0.6 is 0 Å². The Kier molecular flexibility index (Phi) is 4.37. The summed E-state index contributed by atoms with van der Waals surface area (Å²) in [5, 5.41) is 4.56. The molecule has 1 aromatic carbocycles. The molecular weight excluding hydrogens is 376 g/mol. The third-order valence-corrected chi connectivity index (χ3v) is 5.08. The standard InChI is InChI=1S/C24H18N4O2/c1-25-22(29)6-5-15-3-2-4-16(11-15)17-12-20-21(14-28-23(20)27-13-17)18-7-9-26-24-19(18)8-10-30-24/h2-14H,1H3,(H,25,29)(H,27,28)/b6-5+. The zero-order chi connectivity index (χ0) is 20.5. The smallest absolute Gasteiger partial charge is 0.243 e. The Hall–Kier alpha value is -4.19. The average molecular weight is 394 g/mol. The van der Waals surface area contributed by atoms with Crippen molar-refractivity contribution in [2.45, 2.75) is 0 Å². The van der Waals surface area contributed by atoms with Crippen LogP contribution in [0.4, 0.5) is 0 Å². The molecule has 0 aliphatic heterocycles. The number of likely N-dealkylation sites (N-methyl/N-ethyl adjacent to an activating group) is 1. The van der Waals surface area contributed by atoms with E-state index < -0.39 is 0 Å². The van der Waals surface area contributed by atoms with Crippen LogP contribution in [0.2, 0.25) is 0 Å². The van der Waals surface area contributed by atoms with Crippen molar-refractivity contribution in [3.8, 4) is 22.3 Å². The van der Waals surface area contributed by atoms with Gasteiger partial charge in [0.25, 0.3) is 0 Å². The van der Waals surface area contributed by atoms with Crippen LogP contribution in [0.1, 0.15) is 5.56 Å². The highest BCUT2D eigenvalue weighted by Crippen LogP contribution is 2.34. The number of hydrogen-bond acceptors (Lipinski definition) is 4. The molecule has 0 unspecified atom stereocenters. The van der Waals surface area contributed by atoms with Gasteiger partial charge < -0.3 is 14.7 Å². The van der Waals surface area contributed by atoms with E-state index in [2.05, 4.69) is 26.3 Å². The molecule has 0 aliphatic carbocycles. The third-order valence-electron chi connectivity index (χ3n) is 5.08. The van der Waals surface area contributed by atoms with Crippen LogP contribution in [0.5, 0.6) is 0 Å². The van der Waals surface area contributed by atoms with Gasteiger partial charge in [0.15, 0.2) is 0 Å². The predicted molar refractivity (Wildman–Crippen MR) is 118 cm³/mol. The van der Waals surface area contributed by atoms with Gasteiger partial charge in [0, 0.05) is 53.6 Å². The fraction of sp³-hybridized carbons (Fsp3) is 0.0417. The summed E-state index contributed by atoms with van der Waals surface area (Å²) in [6.07, 6.45) is 10.5. The number of benzene rings is 1. The maximum Gasteiger partial charge on any atom is 0.243 e. The van der Waals surface area contributed by atoms with Gasteiger partial charge >= 0.3 is 0 Å². The lowest BCUT2D eigenvalue weighted by atomic mass is 10.00. The summed E-state index contributed by atoms with van der Waals surface area (Å²) in [4.78, 5) is 23.6. The minimum Gasteiger partial charge on any atom is -0.446 e. The first kappa shape index (κ1) is 17.9. The minimum absolute atomic E-state index is 0.136. The molecule has 6 nitrogen and oxygen atoms in total.